The largest absolute Gasteiger partial charge is 0.310 e. The summed E-state index contributed by atoms with van der Waals surface area (Å²) in [6.07, 6.45) is 0.729. The standard InChI is InChI=1S/C13H18ClNO2S/c1-2-15-13(10-4-3-5-12(14)8-10)11-6-7-18(16,17)9-11/h3-5,8,11,13,15H,2,6-7,9H2,1H3. The predicted molar refractivity (Wildman–Crippen MR) is 74.6 cm³/mol. The van der Waals surface area contributed by atoms with Gasteiger partial charge in [-0.3, -0.25) is 0 Å². The second-order valence-corrected chi connectivity index (χ2v) is 7.42. The van der Waals surface area contributed by atoms with Crippen LogP contribution >= 0.6 is 11.6 Å². The molecule has 0 aliphatic carbocycles. The van der Waals surface area contributed by atoms with Crippen LogP contribution in [0.3, 0.4) is 0 Å². The highest BCUT2D eigenvalue weighted by atomic mass is 35.5. The highest BCUT2D eigenvalue weighted by Gasteiger charge is 2.34. The molecular weight excluding hydrogens is 270 g/mol. The van der Waals surface area contributed by atoms with E-state index in [0.29, 0.717) is 10.8 Å². The molecule has 1 saturated heterocycles. The third-order valence-electron chi connectivity index (χ3n) is 3.37. The van der Waals surface area contributed by atoms with Gasteiger partial charge >= 0.3 is 0 Å². The number of halogens is 1. The van der Waals surface area contributed by atoms with Gasteiger partial charge in [-0.25, -0.2) is 8.42 Å². The van der Waals surface area contributed by atoms with Crippen molar-refractivity contribution < 1.29 is 8.42 Å². The van der Waals surface area contributed by atoms with E-state index in [4.69, 9.17) is 11.6 Å². The van der Waals surface area contributed by atoms with Crippen LogP contribution in [0.5, 0.6) is 0 Å². The zero-order valence-electron chi connectivity index (χ0n) is 10.4. The second kappa shape index (κ2) is 5.59. The Bertz CT molecular complexity index is 515. The van der Waals surface area contributed by atoms with E-state index < -0.39 is 9.84 Å². The van der Waals surface area contributed by atoms with Crippen LogP contribution < -0.4 is 5.32 Å². The Labute approximate surface area is 113 Å². The van der Waals surface area contributed by atoms with Gasteiger partial charge in [-0.05, 0) is 36.6 Å². The van der Waals surface area contributed by atoms with Gasteiger partial charge < -0.3 is 5.32 Å². The summed E-state index contributed by atoms with van der Waals surface area (Å²) in [7, 11) is -2.85. The SMILES string of the molecule is CCNC(c1cccc(Cl)c1)C1CCS(=O)(=O)C1. The van der Waals surface area contributed by atoms with Crippen LogP contribution in [0.4, 0.5) is 0 Å². The first-order valence-corrected chi connectivity index (χ1v) is 8.41. The predicted octanol–water partition coefficient (Wildman–Crippen LogP) is 2.43. The molecule has 1 aromatic rings. The van der Waals surface area contributed by atoms with E-state index in [1.165, 1.54) is 0 Å². The van der Waals surface area contributed by atoms with Gasteiger partial charge in [0.2, 0.25) is 0 Å². The minimum atomic E-state index is -2.85. The molecule has 0 radical (unpaired) electrons. The maximum atomic E-state index is 11.6. The number of hydrogen-bond acceptors (Lipinski definition) is 3. The number of nitrogens with one attached hydrogen (secondary N) is 1. The molecule has 18 heavy (non-hydrogen) atoms. The van der Waals surface area contributed by atoms with Crippen LogP contribution in [-0.2, 0) is 9.84 Å². The van der Waals surface area contributed by atoms with Gasteiger partial charge in [-0.15, -0.1) is 0 Å². The summed E-state index contributed by atoms with van der Waals surface area (Å²) in [5.41, 5.74) is 1.08. The second-order valence-electron chi connectivity index (χ2n) is 4.75. The van der Waals surface area contributed by atoms with Gasteiger partial charge in [-0.1, -0.05) is 30.7 Å². The molecule has 2 unspecified atom stereocenters. The molecule has 0 aromatic heterocycles. The van der Waals surface area contributed by atoms with Crippen LogP contribution in [0.25, 0.3) is 0 Å². The number of rotatable bonds is 4. The Morgan fingerprint density at radius 1 is 1.50 bits per heavy atom. The normalized spacial score (nSPS) is 24.0. The van der Waals surface area contributed by atoms with Crippen molar-refractivity contribution >= 4 is 21.4 Å². The molecule has 1 N–H and O–H groups in total. The van der Waals surface area contributed by atoms with Crippen LogP contribution in [0.1, 0.15) is 24.9 Å². The summed E-state index contributed by atoms with van der Waals surface area (Å²) in [6.45, 7) is 2.84. The van der Waals surface area contributed by atoms with E-state index in [-0.39, 0.29) is 17.7 Å². The van der Waals surface area contributed by atoms with Gasteiger partial charge in [0.1, 0.15) is 0 Å². The minimum absolute atomic E-state index is 0.0750. The first-order chi connectivity index (χ1) is 8.52. The Morgan fingerprint density at radius 2 is 2.28 bits per heavy atom. The molecule has 1 aliphatic rings. The number of hydrogen-bond donors (Lipinski definition) is 1. The lowest BCUT2D eigenvalue weighted by atomic mass is 9.92. The van der Waals surface area contributed by atoms with Crippen molar-refractivity contribution in [1.29, 1.82) is 0 Å². The molecular formula is C13H18ClNO2S. The van der Waals surface area contributed by atoms with Crippen molar-refractivity contribution in [2.75, 3.05) is 18.1 Å². The molecule has 100 valence electrons. The summed E-state index contributed by atoms with van der Waals surface area (Å²) >= 11 is 6.01. The van der Waals surface area contributed by atoms with Crippen LogP contribution in [-0.4, -0.2) is 26.5 Å². The fourth-order valence-corrected chi connectivity index (χ4v) is 4.60. The zero-order chi connectivity index (χ0) is 13.2. The summed E-state index contributed by atoms with van der Waals surface area (Å²) in [4.78, 5) is 0. The molecule has 3 nitrogen and oxygen atoms in total. The molecule has 0 spiro atoms. The van der Waals surface area contributed by atoms with Crippen molar-refractivity contribution in [2.24, 2.45) is 5.92 Å². The number of sulfone groups is 1. The van der Waals surface area contributed by atoms with Crippen LogP contribution in [0.2, 0.25) is 5.02 Å². The lowest BCUT2D eigenvalue weighted by Crippen LogP contribution is -2.29. The average Bonchev–Trinajstić information content (AvgIpc) is 2.66. The molecule has 5 heteroatoms. The smallest absolute Gasteiger partial charge is 0.150 e. The minimum Gasteiger partial charge on any atom is -0.310 e. The monoisotopic (exact) mass is 287 g/mol. The maximum Gasteiger partial charge on any atom is 0.150 e. The third-order valence-corrected chi connectivity index (χ3v) is 5.40. The fraction of sp³-hybridized carbons (Fsp3) is 0.538. The Hall–Kier alpha value is -0.580. The molecule has 1 fully saturated rings. The van der Waals surface area contributed by atoms with Crippen molar-refractivity contribution in [3.63, 3.8) is 0 Å². The molecule has 0 saturated carbocycles. The third kappa shape index (κ3) is 3.25. The average molecular weight is 288 g/mol. The first kappa shape index (κ1) is 13.8. The van der Waals surface area contributed by atoms with Crippen molar-refractivity contribution in [1.82, 2.24) is 5.32 Å². The van der Waals surface area contributed by atoms with Crippen molar-refractivity contribution in [3.05, 3.63) is 34.9 Å². The van der Waals surface area contributed by atoms with E-state index in [0.717, 1.165) is 18.5 Å². The molecule has 0 bridgehead atoms. The fourth-order valence-electron chi connectivity index (χ4n) is 2.56. The first-order valence-electron chi connectivity index (χ1n) is 6.21. The van der Waals surface area contributed by atoms with Crippen molar-refractivity contribution in [2.45, 2.75) is 19.4 Å². The summed E-state index contributed by atoms with van der Waals surface area (Å²) in [6, 6.07) is 7.74. The quantitative estimate of drug-likeness (QED) is 0.925. The molecule has 2 atom stereocenters. The highest BCUT2D eigenvalue weighted by Crippen LogP contribution is 2.32. The molecule has 1 aliphatic heterocycles. The van der Waals surface area contributed by atoms with E-state index >= 15 is 0 Å². The topological polar surface area (TPSA) is 46.2 Å². The Morgan fingerprint density at radius 3 is 2.83 bits per heavy atom. The van der Waals surface area contributed by atoms with Gasteiger partial charge in [0.25, 0.3) is 0 Å². The van der Waals surface area contributed by atoms with Crippen LogP contribution in [0, 0.1) is 5.92 Å². The summed E-state index contributed by atoms with van der Waals surface area (Å²) in [5.74, 6) is 0.727. The van der Waals surface area contributed by atoms with E-state index in [1.807, 2.05) is 31.2 Å². The Kier molecular flexibility index (Phi) is 4.30. The summed E-state index contributed by atoms with van der Waals surface area (Å²) < 4.78 is 23.2. The molecule has 0 amide bonds. The highest BCUT2D eigenvalue weighted by molar-refractivity contribution is 7.91. The number of benzene rings is 1. The van der Waals surface area contributed by atoms with Gasteiger partial charge in [0, 0.05) is 11.1 Å². The van der Waals surface area contributed by atoms with Gasteiger partial charge in [0.05, 0.1) is 11.5 Å². The summed E-state index contributed by atoms with van der Waals surface area (Å²) in [5, 5.41) is 4.07. The van der Waals surface area contributed by atoms with Gasteiger partial charge in [0.15, 0.2) is 9.84 Å². The molecule has 2 rings (SSSR count). The molecule has 1 heterocycles. The molecule has 1 aromatic carbocycles. The van der Waals surface area contributed by atoms with E-state index in [1.54, 1.807) is 0 Å². The lowest BCUT2D eigenvalue weighted by molar-refractivity contribution is 0.400. The zero-order valence-corrected chi connectivity index (χ0v) is 12.0. The van der Waals surface area contributed by atoms with Crippen LogP contribution in [0.15, 0.2) is 24.3 Å². The maximum absolute atomic E-state index is 11.6. The van der Waals surface area contributed by atoms with E-state index in [9.17, 15) is 8.42 Å². The van der Waals surface area contributed by atoms with Crippen molar-refractivity contribution in [3.8, 4) is 0 Å². The van der Waals surface area contributed by atoms with Gasteiger partial charge in [-0.2, -0.15) is 0 Å². The van der Waals surface area contributed by atoms with E-state index in [2.05, 4.69) is 5.32 Å². The lowest BCUT2D eigenvalue weighted by Gasteiger charge is -2.24. The Balaban J connectivity index is 2.24.